The minimum atomic E-state index is 0.849. The zero-order valence-electron chi connectivity index (χ0n) is 10.3. The number of hydrogen-bond donors (Lipinski definition) is 1. The molecule has 1 saturated carbocycles. The van der Waals surface area contributed by atoms with E-state index in [4.69, 9.17) is 0 Å². The van der Waals surface area contributed by atoms with Crippen molar-refractivity contribution in [1.29, 1.82) is 0 Å². The molecule has 0 bridgehead atoms. The molecule has 88 valence electrons. The first-order valence-corrected chi connectivity index (χ1v) is 7.28. The van der Waals surface area contributed by atoms with E-state index in [1.54, 1.807) is 0 Å². The van der Waals surface area contributed by atoms with Gasteiger partial charge in [0.25, 0.3) is 0 Å². The van der Waals surface area contributed by atoms with Crippen molar-refractivity contribution in [2.24, 2.45) is 0 Å². The molecule has 0 unspecified atom stereocenters. The van der Waals surface area contributed by atoms with E-state index in [1.807, 2.05) is 11.8 Å². The molecule has 1 aromatic rings. The van der Waals surface area contributed by atoms with Crippen molar-refractivity contribution in [2.75, 3.05) is 12.3 Å². The highest BCUT2D eigenvalue weighted by Gasteiger charge is 2.19. The van der Waals surface area contributed by atoms with Crippen molar-refractivity contribution in [3.05, 3.63) is 34.9 Å². The normalized spacial score (nSPS) is 15.4. The molecule has 1 aromatic carbocycles. The number of nitrogens with one attached hydrogen (secondary N) is 1. The predicted octanol–water partition coefficient (Wildman–Crippen LogP) is 3.29. The van der Waals surface area contributed by atoms with Crippen LogP contribution < -0.4 is 5.32 Å². The quantitative estimate of drug-likeness (QED) is 0.759. The standard InChI is InChI=1S/C14H21NS/c1-11-7-12(2)9-13(8-11)10-16-6-5-15-14-3-4-14/h7-9,14-15H,3-6,10H2,1-2H3. The van der Waals surface area contributed by atoms with E-state index in [0.717, 1.165) is 11.8 Å². The van der Waals surface area contributed by atoms with Gasteiger partial charge in [-0.05, 0) is 32.3 Å². The first-order chi connectivity index (χ1) is 7.74. The van der Waals surface area contributed by atoms with E-state index in [2.05, 4.69) is 37.4 Å². The molecular weight excluding hydrogens is 214 g/mol. The Hall–Kier alpha value is -0.470. The average molecular weight is 235 g/mol. The third-order valence-corrected chi connectivity index (χ3v) is 3.84. The van der Waals surface area contributed by atoms with Gasteiger partial charge in [-0.1, -0.05) is 29.3 Å². The summed E-state index contributed by atoms with van der Waals surface area (Å²) in [6.07, 6.45) is 2.78. The van der Waals surface area contributed by atoms with E-state index >= 15 is 0 Å². The van der Waals surface area contributed by atoms with E-state index in [-0.39, 0.29) is 0 Å². The second kappa shape index (κ2) is 5.74. The molecule has 1 N–H and O–H groups in total. The van der Waals surface area contributed by atoms with Gasteiger partial charge in [0.2, 0.25) is 0 Å². The predicted molar refractivity (Wildman–Crippen MR) is 73.1 cm³/mol. The van der Waals surface area contributed by atoms with Gasteiger partial charge >= 0.3 is 0 Å². The van der Waals surface area contributed by atoms with Crippen molar-refractivity contribution < 1.29 is 0 Å². The number of rotatable bonds is 6. The van der Waals surface area contributed by atoms with Gasteiger partial charge in [-0.3, -0.25) is 0 Å². The summed E-state index contributed by atoms with van der Waals surface area (Å²) < 4.78 is 0. The highest BCUT2D eigenvalue weighted by atomic mass is 32.2. The summed E-state index contributed by atoms with van der Waals surface area (Å²) in [6.45, 7) is 5.52. The van der Waals surface area contributed by atoms with Crippen LogP contribution >= 0.6 is 11.8 Å². The number of aryl methyl sites for hydroxylation is 2. The maximum absolute atomic E-state index is 3.54. The topological polar surface area (TPSA) is 12.0 Å². The summed E-state index contributed by atoms with van der Waals surface area (Å²) in [5, 5.41) is 3.54. The van der Waals surface area contributed by atoms with Gasteiger partial charge in [0.15, 0.2) is 0 Å². The molecule has 0 aromatic heterocycles. The lowest BCUT2D eigenvalue weighted by Crippen LogP contribution is -2.19. The molecule has 2 rings (SSSR count). The maximum atomic E-state index is 3.54. The molecule has 1 fully saturated rings. The minimum absolute atomic E-state index is 0.849. The number of benzene rings is 1. The molecule has 0 radical (unpaired) electrons. The third kappa shape index (κ3) is 4.18. The fraction of sp³-hybridized carbons (Fsp3) is 0.571. The van der Waals surface area contributed by atoms with Crippen molar-refractivity contribution in [3.63, 3.8) is 0 Å². The summed E-state index contributed by atoms with van der Waals surface area (Å²) in [7, 11) is 0. The Labute approximate surface area is 103 Å². The number of thioether (sulfide) groups is 1. The Morgan fingerprint density at radius 3 is 2.50 bits per heavy atom. The minimum Gasteiger partial charge on any atom is -0.313 e. The average Bonchev–Trinajstić information content (AvgIpc) is 2.99. The van der Waals surface area contributed by atoms with Crippen molar-refractivity contribution in [3.8, 4) is 0 Å². The third-order valence-electron chi connectivity index (χ3n) is 2.81. The largest absolute Gasteiger partial charge is 0.313 e. The fourth-order valence-electron chi connectivity index (χ4n) is 1.97. The van der Waals surface area contributed by atoms with Crippen LogP contribution in [0.1, 0.15) is 29.5 Å². The van der Waals surface area contributed by atoms with Crippen LogP contribution in [0.4, 0.5) is 0 Å². The zero-order valence-corrected chi connectivity index (χ0v) is 11.1. The van der Waals surface area contributed by atoms with Gasteiger partial charge in [0, 0.05) is 24.1 Å². The van der Waals surface area contributed by atoms with Gasteiger partial charge in [-0.15, -0.1) is 0 Å². The van der Waals surface area contributed by atoms with Gasteiger partial charge in [0.05, 0.1) is 0 Å². The Morgan fingerprint density at radius 1 is 1.19 bits per heavy atom. The van der Waals surface area contributed by atoms with Gasteiger partial charge in [-0.25, -0.2) is 0 Å². The van der Waals surface area contributed by atoms with E-state index in [0.29, 0.717) is 0 Å². The van der Waals surface area contributed by atoms with Crippen LogP contribution in [0.25, 0.3) is 0 Å². The van der Waals surface area contributed by atoms with Crippen molar-refractivity contribution in [2.45, 2.75) is 38.5 Å². The molecule has 0 heterocycles. The monoisotopic (exact) mass is 235 g/mol. The molecule has 0 saturated heterocycles. The number of hydrogen-bond acceptors (Lipinski definition) is 2. The molecule has 0 atom stereocenters. The summed E-state index contributed by atoms with van der Waals surface area (Å²) in [5.74, 6) is 2.37. The lowest BCUT2D eigenvalue weighted by Gasteiger charge is -2.05. The van der Waals surface area contributed by atoms with Gasteiger partial charge in [0.1, 0.15) is 0 Å². The van der Waals surface area contributed by atoms with Crippen LogP contribution in [0.15, 0.2) is 18.2 Å². The van der Waals surface area contributed by atoms with Crippen LogP contribution in [0, 0.1) is 13.8 Å². The molecule has 1 aliphatic carbocycles. The highest BCUT2D eigenvalue weighted by Crippen LogP contribution is 2.19. The Balaban J connectivity index is 1.67. The molecular formula is C14H21NS. The Kier molecular flexibility index (Phi) is 4.30. The van der Waals surface area contributed by atoms with Crippen LogP contribution in [-0.2, 0) is 5.75 Å². The summed E-state index contributed by atoms with van der Waals surface area (Å²) in [4.78, 5) is 0. The molecule has 2 heteroatoms. The molecule has 0 aliphatic heterocycles. The first kappa shape index (κ1) is 12.0. The molecule has 0 spiro atoms. The fourth-order valence-corrected chi connectivity index (χ4v) is 2.77. The van der Waals surface area contributed by atoms with E-state index in [9.17, 15) is 0 Å². The van der Waals surface area contributed by atoms with Gasteiger partial charge < -0.3 is 5.32 Å². The lowest BCUT2D eigenvalue weighted by atomic mass is 10.1. The second-order valence-electron chi connectivity index (χ2n) is 4.78. The highest BCUT2D eigenvalue weighted by molar-refractivity contribution is 7.98. The van der Waals surface area contributed by atoms with E-state index in [1.165, 1.54) is 41.8 Å². The van der Waals surface area contributed by atoms with Crippen molar-refractivity contribution >= 4 is 11.8 Å². The first-order valence-electron chi connectivity index (χ1n) is 6.12. The summed E-state index contributed by atoms with van der Waals surface area (Å²) in [6, 6.07) is 7.69. The Morgan fingerprint density at radius 2 is 1.88 bits per heavy atom. The van der Waals surface area contributed by atoms with Crippen LogP contribution in [0.2, 0.25) is 0 Å². The molecule has 1 aliphatic rings. The SMILES string of the molecule is Cc1cc(C)cc(CSCCNC2CC2)c1. The molecule has 0 amide bonds. The maximum Gasteiger partial charge on any atom is 0.0185 e. The second-order valence-corrected chi connectivity index (χ2v) is 5.88. The smallest absolute Gasteiger partial charge is 0.0185 e. The van der Waals surface area contributed by atoms with Crippen LogP contribution in [0.5, 0.6) is 0 Å². The van der Waals surface area contributed by atoms with Gasteiger partial charge in [-0.2, -0.15) is 11.8 Å². The molecule has 16 heavy (non-hydrogen) atoms. The lowest BCUT2D eigenvalue weighted by molar-refractivity contribution is 0.726. The Bertz CT molecular complexity index is 324. The zero-order chi connectivity index (χ0) is 11.4. The van der Waals surface area contributed by atoms with Crippen LogP contribution in [0.3, 0.4) is 0 Å². The summed E-state index contributed by atoms with van der Waals surface area (Å²) in [5.41, 5.74) is 4.23. The summed E-state index contributed by atoms with van der Waals surface area (Å²) >= 11 is 2.03. The van der Waals surface area contributed by atoms with Crippen molar-refractivity contribution in [1.82, 2.24) is 5.32 Å². The van der Waals surface area contributed by atoms with E-state index < -0.39 is 0 Å². The molecule has 1 nitrogen and oxygen atoms in total. The van der Waals surface area contributed by atoms with Crippen LogP contribution in [-0.4, -0.2) is 18.3 Å².